The van der Waals surface area contributed by atoms with Crippen LogP contribution in [-0.2, 0) is 0 Å². The van der Waals surface area contributed by atoms with E-state index < -0.39 is 0 Å². The van der Waals surface area contributed by atoms with Crippen molar-refractivity contribution in [2.24, 2.45) is 0 Å². The molecule has 0 atom stereocenters. The molecule has 0 amide bonds. The normalized spacial score (nSPS) is 8.50. The van der Waals surface area contributed by atoms with Crippen LogP contribution in [0.3, 0.4) is 0 Å². The average molecular weight is 219 g/mol. The molecule has 0 unspecified atom stereocenters. The van der Waals surface area contributed by atoms with Gasteiger partial charge in [0.25, 0.3) is 0 Å². The van der Waals surface area contributed by atoms with Gasteiger partial charge < -0.3 is 0 Å². The molecular formula is C4H2IN3. The Morgan fingerprint density at radius 1 is 1.88 bits per heavy atom. The molecule has 3 nitrogen and oxygen atoms in total. The largest absolute Gasteiger partial charge is 0.210 e. The quantitative estimate of drug-likeness (QED) is 0.609. The summed E-state index contributed by atoms with van der Waals surface area (Å²) in [6.45, 7) is 0. The maximum Gasteiger partial charge on any atom is 0.102 e. The van der Waals surface area contributed by atoms with Crippen LogP contribution in [0.25, 0.3) is 0 Å². The zero-order chi connectivity index (χ0) is 5.98. The third-order valence-corrected chi connectivity index (χ3v) is 1.21. The topological polar surface area (TPSA) is 41.6 Å². The molecule has 0 saturated heterocycles. The van der Waals surface area contributed by atoms with Crippen molar-refractivity contribution < 1.29 is 0 Å². The van der Waals surface area contributed by atoms with Crippen molar-refractivity contribution >= 4 is 22.9 Å². The van der Waals surface area contributed by atoms with E-state index in [4.69, 9.17) is 5.26 Å². The first-order valence-electron chi connectivity index (χ1n) is 1.94. The molecule has 0 aromatic carbocycles. The molecule has 0 aliphatic rings. The standard InChI is InChI=1S/C4H2IN3/c5-8-3-4(1-6)2-7-8/h2-3H. The minimum Gasteiger partial charge on any atom is -0.210 e. The van der Waals surface area contributed by atoms with Crippen LogP contribution in [-0.4, -0.2) is 7.99 Å². The molecule has 1 rings (SSSR count). The second-order valence-electron chi connectivity index (χ2n) is 1.23. The molecule has 0 aliphatic heterocycles. The Kier molecular flexibility index (Phi) is 1.48. The Morgan fingerprint density at radius 3 is 2.88 bits per heavy atom. The van der Waals surface area contributed by atoms with E-state index in [2.05, 4.69) is 5.10 Å². The number of hydrogen-bond donors (Lipinski definition) is 0. The number of aromatic nitrogens is 2. The molecular weight excluding hydrogens is 217 g/mol. The molecule has 1 aromatic heterocycles. The van der Waals surface area contributed by atoms with Gasteiger partial charge >= 0.3 is 0 Å². The molecule has 0 bridgehead atoms. The smallest absolute Gasteiger partial charge is 0.102 e. The lowest BCUT2D eigenvalue weighted by molar-refractivity contribution is 1.06. The molecule has 40 valence electrons. The van der Waals surface area contributed by atoms with Crippen LogP contribution >= 0.6 is 22.9 Å². The lowest BCUT2D eigenvalue weighted by Gasteiger charge is -1.73. The van der Waals surface area contributed by atoms with E-state index in [1.807, 2.05) is 28.9 Å². The first kappa shape index (κ1) is 5.56. The second kappa shape index (κ2) is 2.13. The highest BCUT2D eigenvalue weighted by Gasteiger charge is 1.89. The van der Waals surface area contributed by atoms with Crippen molar-refractivity contribution in [1.29, 1.82) is 5.26 Å². The summed E-state index contributed by atoms with van der Waals surface area (Å²) in [5.74, 6) is 0. The number of hydrogen-bond acceptors (Lipinski definition) is 2. The average Bonchev–Trinajstić information content (AvgIpc) is 2.14. The van der Waals surface area contributed by atoms with Crippen molar-refractivity contribution in [1.82, 2.24) is 7.99 Å². The summed E-state index contributed by atoms with van der Waals surface area (Å²) in [4.78, 5) is 0. The molecule has 0 fully saturated rings. The van der Waals surface area contributed by atoms with E-state index in [9.17, 15) is 0 Å². The number of rotatable bonds is 0. The van der Waals surface area contributed by atoms with Crippen LogP contribution in [0.4, 0.5) is 0 Å². The summed E-state index contributed by atoms with van der Waals surface area (Å²) in [6, 6.07) is 1.96. The second-order valence-corrected chi connectivity index (χ2v) is 2.22. The van der Waals surface area contributed by atoms with Crippen molar-refractivity contribution in [3.05, 3.63) is 18.0 Å². The van der Waals surface area contributed by atoms with Crippen LogP contribution in [0.15, 0.2) is 12.4 Å². The molecule has 0 radical (unpaired) electrons. The van der Waals surface area contributed by atoms with Gasteiger partial charge in [0, 0.05) is 0 Å². The fourth-order valence-corrected chi connectivity index (χ4v) is 0.781. The van der Waals surface area contributed by atoms with Gasteiger partial charge in [-0.15, -0.1) is 0 Å². The van der Waals surface area contributed by atoms with Crippen LogP contribution in [0.1, 0.15) is 5.56 Å². The summed E-state index contributed by atoms with van der Waals surface area (Å²) in [7, 11) is 0. The zero-order valence-corrected chi connectivity index (χ0v) is 6.03. The van der Waals surface area contributed by atoms with Crippen LogP contribution < -0.4 is 0 Å². The summed E-state index contributed by atoms with van der Waals surface area (Å²) in [5, 5.41) is 12.0. The number of nitrogens with zero attached hydrogens (tertiary/aromatic N) is 3. The Labute approximate surface area is 60.4 Å². The van der Waals surface area contributed by atoms with Gasteiger partial charge in [-0.05, 0) is 0 Å². The summed E-state index contributed by atoms with van der Waals surface area (Å²) in [5.41, 5.74) is 0.597. The van der Waals surface area contributed by atoms with E-state index >= 15 is 0 Å². The van der Waals surface area contributed by atoms with E-state index in [0.717, 1.165) is 0 Å². The summed E-state index contributed by atoms with van der Waals surface area (Å²) >= 11 is 1.98. The molecule has 0 saturated carbocycles. The third kappa shape index (κ3) is 0.980. The minimum atomic E-state index is 0.597. The Hall–Kier alpha value is -0.570. The molecule has 1 aromatic rings. The Balaban J connectivity index is 3.05. The fourth-order valence-electron chi connectivity index (χ4n) is 0.357. The molecule has 8 heavy (non-hydrogen) atoms. The fraction of sp³-hybridized carbons (Fsp3) is 0. The van der Waals surface area contributed by atoms with Crippen molar-refractivity contribution in [3.8, 4) is 6.07 Å². The Morgan fingerprint density at radius 2 is 2.62 bits per heavy atom. The number of nitriles is 1. The minimum absolute atomic E-state index is 0.597. The molecule has 0 N–H and O–H groups in total. The van der Waals surface area contributed by atoms with Gasteiger partial charge in [0.15, 0.2) is 0 Å². The van der Waals surface area contributed by atoms with E-state index in [0.29, 0.717) is 5.56 Å². The van der Waals surface area contributed by atoms with Gasteiger partial charge in [0.05, 0.1) is 40.8 Å². The molecule has 0 aliphatic carbocycles. The molecule has 4 heteroatoms. The molecule has 1 heterocycles. The number of halogens is 1. The third-order valence-electron chi connectivity index (χ3n) is 0.682. The highest BCUT2D eigenvalue weighted by molar-refractivity contribution is 14.1. The summed E-state index contributed by atoms with van der Waals surface area (Å²) in [6.07, 6.45) is 3.17. The highest BCUT2D eigenvalue weighted by atomic mass is 127. The maximum atomic E-state index is 8.24. The van der Waals surface area contributed by atoms with E-state index in [-0.39, 0.29) is 0 Å². The lowest BCUT2D eigenvalue weighted by atomic mass is 10.4. The van der Waals surface area contributed by atoms with Crippen molar-refractivity contribution in [3.63, 3.8) is 0 Å². The van der Waals surface area contributed by atoms with Crippen LogP contribution in [0.2, 0.25) is 0 Å². The predicted molar refractivity (Wildman–Crippen MR) is 36.4 cm³/mol. The van der Waals surface area contributed by atoms with Gasteiger partial charge in [-0.25, -0.2) is 2.90 Å². The summed E-state index contributed by atoms with van der Waals surface area (Å²) < 4.78 is 1.57. The van der Waals surface area contributed by atoms with Crippen LogP contribution in [0.5, 0.6) is 0 Å². The van der Waals surface area contributed by atoms with Crippen LogP contribution in [0, 0.1) is 11.3 Å². The zero-order valence-electron chi connectivity index (χ0n) is 3.87. The lowest BCUT2D eigenvalue weighted by Crippen LogP contribution is -1.72. The first-order valence-corrected chi connectivity index (χ1v) is 2.90. The van der Waals surface area contributed by atoms with Crippen molar-refractivity contribution in [2.75, 3.05) is 0 Å². The van der Waals surface area contributed by atoms with E-state index in [1.54, 1.807) is 9.09 Å². The van der Waals surface area contributed by atoms with E-state index in [1.165, 1.54) is 6.20 Å². The Bertz CT molecular complexity index is 221. The maximum absolute atomic E-state index is 8.24. The van der Waals surface area contributed by atoms with Gasteiger partial charge in [0.2, 0.25) is 0 Å². The van der Waals surface area contributed by atoms with Crippen molar-refractivity contribution in [2.45, 2.75) is 0 Å². The van der Waals surface area contributed by atoms with Gasteiger partial charge in [0.1, 0.15) is 6.07 Å². The van der Waals surface area contributed by atoms with Gasteiger partial charge in [-0.1, -0.05) is 0 Å². The first-order chi connectivity index (χ1) is 3.83. The SMILES string of the molecule is N#Cc1cnn(I)c1. The molecule has 0 spiro atoms. The van der Waals surface area contributed by atoms with Gasteiger partial charge in [-0.3, -0.25) is 0 Å². The predicted octanol–water partition coefficient (Wildman–Crippen LogP) is 0.953. The monoisotopic (exact) mass is 219 g/mol. The highest BCUT2D eigenvalue weighted by Crippen LogP contribution is 1.96. The van der Waals surface area contributed by atoms with Gasteiger partial charge in [-0.2, -0.15) is 10.4 Å².